The number of halogens is 3. The summed E-state index contributed by atoms with van der Waals surface area (Å²) >= 11 is 9.48. The van der Waals surface area contributed by atoms with Crippen LogP contribution in [0.25, 0.3) is 0 Å². The molecule has 0 spiro atoms. The third kappa shape index (κ3) is 3.24. The molecule has 0 aliphatic heterocycles. The van der Waals surface area contributed by atoms with E-state index in [0.29, 0.717) is 22.7 Å². The Morgan fingerprint density at radius 1 is 1.11 bits per heavy atom. The van der Waals surface area contributed by atoms with Gasteiger partial charge in [0.05, 0.1) is 5.02 Å². The Labute approximate surface area is 119 Å². The number of para-hydroxylation sites is 1. The number of hydrogen-bond acceptors (Lipinski definition) is 1. The fourth-order valence-corrected chi connectivity index (χ4v) is 2.25. The summed E-state index contributed by atoms with van der Waals surface area (Å²) in [4.78, 5) is 0. The molecule has 0 aliphatic carbocycles. The molecule has 0 radical (unpaired) electrons. The molecule has 2 aromatic carbocycles. The monoisotopic (exact) mass is 328 g/mol. The van der Waals surface area contributed by atoms with Gasteiger partial charge in [-0.2, -0.15) is 0 Å². The highest BCUT2D eigenvalue weighted by Crippen LogP contribution is 2.30. The molecule has 0 bridgehead atoms. The van der Waals surface area contributed by atoms with Crippen LogP contribution >= 0.6 is 27.5 Å². The fraction of sp³-hybridized carbons (Fsp3) is 0.143. The van der Waals surface area contributed by atoms with Crippen molar-refractivity contribution in [3.63, 3.8) is 0 Å². The number of rotatable bonds is 4. The van der Waals surface area contributed by atoms with E-state index in [0.717, 1.165) is 11.1 Å². The molecule has 0 fully saturated rings. The lowest BCUT2D eigenvalue weighted by molar-refractivity contribution is 0.304. The van der Waals surface area contributed by atoms with Crippen molar-refractivity contribution in [2.45, 2.75) is 11.9 Å². The van der Waals surface area contributed by atoms with E-state index < -0.39 is 0 Å². The van der Waals surface area contributed by atoms with Gasteiger partial charge in [-0.3, -0.25) is 0 Å². The molecule has 0 saturated heterocycles. The van der Waals surface area contributed by atoms with Gasteiger partial charge in [-0.1, -0.05) is 51.8 Å². The topological polar surface area (TPSA) is 9.23 Å². The average molecular weight is 330 g/mol. The Hall–Kier alpha value is -1.06. The van der Waals surface area contributed by atoms with Gasteiger partial charge in [0, 0.05) is 10.9 Å². The summed E-state index contributed by atoms with van der Waals surface area (Å²) in [5.74, 6) is 0.415. The van der Waals surface area contributed by atoms with Crippen LogP contribution in [0, 0.1) is 5.82 Å². The Morgan fingerprint density at radius 3 is 2.50 bits per heavy atom. The zero-order valence-electron chi connectivity index (χ0n) is 9.50. The first-order valence-corrected chi connectivity index (χ1v) is 6.91. The number of ether oxygens (including phenoxy) is 1. The molecule has 18 heavy (non-hydrogen) atoms. The van der Waals surface area contributed by atoms with Crippen LogP contribution in [-0.2, 0) is 11.9 Å². The molecule has 0 amide bonds. The first-order chi connectivity index (χ1) is 8.70. The maximum Gasteiger partial charge on any atom is 0.142 e. The maximum absolute atomic E-state index is 12.8. The number of hydrogen-bond donors (Lipinski definition) is 0. The summed E-state index contributed by atoms with van der Waals surface area (Å²) in [5.41, 5.74) is 1.89. The molecule has 2 aromatic rings. The average Bonchev–Trinajstić information content (AvgIpc) is 2.39. The summed E-state index contributed by atoms with van der Waals surface area (Å²) in [6, 6.07) is 11.8. The molecule has 0 atom stereocenters. The van der Waals surface area contributed by atoms with Crippen molar-refractivity contribution in [3.05, 3.63) is 64.4 Å². The second-order valence-electron chi connectivity index (χ2n) is 3.78. The van der Waals surface area contributed by atoms with E-state index in [9.17, 15) is 4.39 Å². The smallest absolute Gasteiger partial charge is 0.142 e. The van der Waals surface area contributed by atoms with Gasteiger partial charge >= 0.3 is 0 Å². The van der Waals surface area contributed by atoms with Crippen LogP contribution in [-0.4, -0.2) is 0 Å². The molecule has 2 rings (SSSR count). The van der Waals surface area contributed by atoms with Gasteiger partial charge in [0.2, 0.25) is 0 Å². The third-order valence-electron chi connectivity index (χ3n) is 2.49. The predicted molar refractivity (Wildman–Crippen MR) is 74.8 cm³/mol. The first kappa shape index (κ1) is 13.4. The molecule has 94 valence electrons. The predicted octanol–water partition coefficient (Wildman–Crippen LogP) is 4.95. The molecule has 0 aromatic heterocycles. The molecular weight excluding hydrogens is 319 g/mol. The van der Waals surface area contributed by atoms with E-state index in [1.165, 1.54) is 12.1 Å². The molecule has 0 aliphatic rings. The maximum atomic E-state index is 12.8. The molecular formula is C14H11BrClFO. The lowest BCUT2D eigenvalue weighted by atomic mass is 10.2. The third-order valence-corrected chi connectivity index (χ3v) is 3.39. The molecule has 1 nitrogen and oxygen atoms in total. The lowest BCUT2D eigenvalue weighted by Crippen LogP contribution is -1.98. The summed E-state index contributed by atoms with van der Waals surface area (Å²) in [6.07, 6.45) is 0. The largest absolute Gasteiger partial charge is 0.487 e. The standard InChI is InChI=1S/C14H11BrClFO/c15-8-11-2-1-3-13(16)14(11)18-9-10-4-6-12(17)7-5-10/h1-7H,8-9H2. The summed E-state index contributed by atoms with van der Waals surface area (Å²) < 4.78 is 18.5. The number of alkyl halides is 1. The van der Waals surface area contributed by atoms with E-state index in [4.69, 9.17) is 16.3 Å². The van der Waals surface area contributed by atoms with E-state index in [-0.39, 0.29) is 5.82 Å². The molecule has 0 saturated carbocycles. The Kier molecular flexibility index (Phi) is 4.61. The normalized spacial score (nSPS) is 10.4. The lowest BCUT2D eigenvalue weighted by Gasteiger charge is -2.11. The Morgan fingerprint density at radius 2 is 1.83 bits per heavy atom. The molecule has 4 heteroatoms. The first-order valence-electron chi connectivity index (χ1n) is 5.41. The summed E-state index contributed by atoms with van der Waals surface area (Å²) in [7, 11) is 0. The highest BCUT2D eigenvalue weighted by Gasteiger charge is 2.07. The van der Waals surface area contributed by atoms with Crippen molar-refractivity contribution >= 4 is 27.5 Å². The van der Waals surface area contributed by atoms with Crippen LogP contribution in [0.5, 0.6) is 5.75 Å². The van der Waals surface area contributed by atoms with Crippen LogP contribution in [0.3, 0.4) is 0 Å². The van der Waals surface area contributed by atoms with E-state index in [1.54, 1.807) is 18.2 Å². The summed E-state index contributed by atoms with van der Waals surface area (Å²) in [6.45, 7) is 0.365. The second-order valence-corrected chi connectivity index (χ2v) is 4.74. The van der Waals surface area contributed by atoms with Crippen molar-refractivity contribution in [2.24, 2.45) is 0 Å². The minimum atomic E-state index is -0.252. The van der Waals surface area contributed by atoms with Gasteiger partial charge in [0.15, 0.2) is 0 Å². The van der Waals surface area contributed by atoms with Crippen molar-refractivity contribution < 1.29 is 9.13 Å². The SMILES string of the molecule is Fc1ccc(COc2c(Cl)cccc2CBr)cc1. The molecule has 0 unspecified atom stereocenters. The highest BCUT2D eigenvalue weighted by molar-refractivity contribution is 9.08. The van der Waals surface area contributed by atoms with Crippen molar-refractivity contribution in [2.75, 3.05) is 0 Å². The highest BCUT2D eigenvalue weighted by atomic mass is 79.9. The van der Waals surface area contributed by atoms with Crippen LogP contribution in [0.4, 0.5) is 4.39 Å². The Bertz CT molecular complexity index is 528. The van der Waals surface area contributed by atoms with Gasteiger partial charge in [0.25, 0.3) is 0 Å². The van der Waals surface area contributed by atoms with Crippen molar-refractivity contribution in [1.82, 2.24) is 0 Å². The zero-order valence-corrected chi connectivity index (χ0v) is 11.8. The summed E-state index contributed by atoms with van der Waals surface area (Å²) in [5, 5.41) is 1.25. The molecule has 0 heterocycles. The van der Waals surface area contributed by atoms with Gasteiger partial charge in [-0.05, 0) is 23.8 Å². The van der Waals surface area contributed by atoms with Crippen LogP contribution < -0.4 is 4.74 Å². The van der Waals surface area contributed by atoms with E-state index >= 15 is 0 Å². The fourth-order valence-electron chi connectivity index (χ4n) is 1.56. The van der Waals surface area contributed by atoms with Crippen molar-refractivity contribution in [1.29, 1.82) is 0 Å². The van der Waals surface area contributed by atoms with Crippen LogP contribution in [0.2, 0.25) is 5.02 Å². The second kappa shape index (κ2) is 6.21. The van der Waals surface area contributed by atoms with Crippen LogP contribution in [0.15, 0.2) is 42.5 Å². The molecule has 0 N–H and O–H groups in total. The van der Waals surface area contributed by atoms with Gasteiger partial charge < -0.3 is 4.74 Å². The minimum absolute atomic E-state index is 0.252. The van der Waals surface area contributed by atoms with Gasteiger partial charge in [-0.25, -0.2) is 4.39 Å². The van der Waals surface area contributed by atoms with Crippen LogP contribution in [0.1, 0.15) is 11.1 Å². The quantitative estimate of drug-likeness (QED) is 0.721. The minimum Gasteiger partial charge on any atom is -0.487 e. The Balaban J connectivity index is 2.12. The van der Waals surface area contributed by atoms with Crippen molar-refractivity contribution in [3.8, 4) is 5.75 Å². The zero-order chi connectivity index (χ0) is 13.0. The van der Waals surface area contributed by atoms with E-state index in [2.05, 4.69) is 15.9 Å². The number of benzene rings is 2. The van der Waals surface area contributed by atoms with E-state index in [1.807, 2.05) is 12.1 Å². The van der Waals surface area contributed by atoms with Gasteiger partial charge in [0.1, 0.15) is 18.2 Å². The van der Waals surface area contributed by atoms with Gasteiger partial charge in [-0.15, -0.1) is 0 Å².